The van der Waals surface area contributed by atoms with Crippen molar-refractivity contribution in [3.05, 3.63) is 58.2 Å². The molecule has 3 aromatic rings. The molecule has 0 saturated carbocycles. The number of halogens is 1. The molecule has 1 amide bonds. The van der Waals surface area contributed by atoms with Crippen LogP contribution >= 0.6 is 0 Å². The number of rotatable bonds is 6. The van der Waals surface area contributed by atoms with Crippen molar-refractivity contribution in [3.63, 3.8) is 0 Å². The van der Waals surface area contributed by atoms with Gasteiger partial charge in [-0.05, 0) is 56.5 Å². The Kier molecular flexibility index (Phi) is 5.95. The van der Waals surface area contributed by atoms with E-state index in [2.05, 4.69) is 20.2 Å². The predicted molar refractivity (Wildman–Crippen MR) is 125 cm³/mol. The Morgan fingerprint density at radius 1 is 1.27 bits per heavy atom. The Morgan fingerprint density at radius 2 is 2.09 bits per heavy atom. The van der Waals surface area contributed by atoms with Gasteiger partial charge in [0.05, 0.1) is 30.0 Å². The fourth-order valence-corrected chi connectivity index (χ4v) is 4.99. The Hall–Kier alpha value is -3.10. The lowest BCUT2D eigenvalue weighted by molar-refractivity contribution is 0.0374. The molecule has 4 N–H and O–H groups in total. The predicted octanol–water partition coefficient (Wildman–Crippen LogP) is 3.48. The number of carbonyl (C=O) groups is 1. The smallest absolute Gasteiger partial charge is 0.253 e. The fraction of sp³-hybridized carbons (Fsp3) is 0.400. The Labute approximate surface area is 191 Å². The van der Waals surface area contributed by atoms with Gasteiger partial charge >= 0.3 is 0 Å². The van der Waals surface area contributed by atoms with Crippen LogP contribution in [0.25, 0.3) is 16.5 Å². The van der Waals surface area contributed by atoms with Crippen molar-refractivity contribution in [1.82, 2.24) is 20.2 Å². The standard InChI is InChI=1S/C25H29FN4O3/c1-15-21(24(31)27-8-3-9-30-10-12-33-13-11-30)17-4-2-5-18(23(17)28-15)22-19-14-16(26)6-7-20(19)29-25(22)32/h5-7,14,28-29,32H,2-4,8-13H2,1H3,(H,27,31). The van der Waals surface area contributed by atoms with Gasteiger partial charge < -0.3 is 25.1 Å². The first-order valence-electron chi connectivity index (χ1n) is 11.5. The highest BCUT2D eigenvalue weighted by atomic mass is 19.1. The average molecular weight is 453 g/mol. The van der Waals surface area contributed by atoms with Crippen LogP contribution in [0, 0.1) is 12.7 Å². The molecule has 0 radical (unpaired) electrons. The molecule has 7 nitrogen and oxygen atoms in total. The minimum absolute atomic E-state index is 0.00364. The molecule has 0 spiro atoms. The van der Waals surface area contributed by atoms with Crippen molar-refractivity contribution < 1.29 is 19.0 Å². The molecule has 3 heterocycles. The molecule has 5 rings (SSSR count). The number of morpholine rings is 1. The van der Waals surface area contributed by atoms with E-state index in [-0.39, 0.29) is 17.6 Å². The fourth-order valence-electron chi connectivity index (χ4n) is 4.99. The van der Waals surface area contributed by atoms with Gasteiger partial charge in [-0.3, -0.25) is 9.69 Å². The molecule has 1 fully saturated rings. The normalized spacial score (nSPS) is 16.6. The van der Waals surface area contributed by atoms with Crippen LogP contribution in [0.1, 0.15) is 45.7 Å². The maximum absolute atomic E-state index is 13.9. The van der Waals surface area contributed by atoms with Crippen LogP contribution in [0.3, 0.4) is 0 Å². The maximum atomic E-state index is 13.9. The molecule has 2 aliphatic rings. The number of hydrogen-bond donors (Lipinski definition) is 4. The summed E-state index contributed by atoms with van der Waals surface area (Å²) in [6, 6.07) is 4.41. The summed E-state index contributed by atoms with van der Waals surface area (Å²) in [5.41, 5.74) is 5.25. The minimum Gasteiger partial charge on any atom is -0.494 e. The number of hydrogen-bond acceptors (Lipinski definition) is 4. The molecule has 1 aromatic carbocycles. The van der Waals surface area contributed by atoms with E-state index in [1.807, 2.05) is 13.0 Å². The number of amides is 1. The summed E-state index contributed by atoms with van der Waals surface area (Å²) in [4.78, 5) is 21.7. The van der Waals surface area contributed by atoms with E-state index in [4.69, 9.17) is 4.74 Å². The van der Waals surface area contributed by atoms with Gasteiger partial charge in [0.25, 0.3) is 5.91 Å². The minimum atomic E-state index is -0.362. The van der Waals surface area contributed by atoms with Crippen molar-refractivity contribution in [2.75, 3.05) is 39.4 Å². The number of nitrogens with one attached hydrogen (secondary N) is 3. The molecule has 174 valence electrons. The summed E-state index contributed by atoms with van der Waals surface area (Å²) in [5, 5.41) is 14.3. The zero-order chi connectivity index (χ0) is 22.9. The average Bonchev–Trinajstić information content (AvgIpc) is 3.32. The molecule has 1 saturated heterocycles. The van der Waals surface area contributed by atoms with Crippen molar-refractivity contribution >= 4 is 22.4 Å². The second kappa shape index (κ2) is 9.03. The maximum Gasteiger partial charge on any atom is 0.253 e. The number of aromatic amines is 2. The van der Waals surface area contributed by atoms with Crippen LogP contribution in [0.15, 0.2) is 24.3 Å². The van der Waals surface area contributed by atoms with Crippen molar-refractivity contribution in [1.29, 1.82) is 0 Å². The monoisotopic (exact) mass is 452 g/mol. The van der Waals surface area contributed by atoms with Gasteiger partial charge in [0.1, 0.15) is 5.82 Å². The van der Waals surface area contributed by atoms with E-state index < -0.39 is 0 Å². The van der Waals surface area contributed by atoms with Gasteiger partial charge in [0.15, 0.2) is 5.88 Å². The number of allylic oxidation sites excluding steroid dienone is 1. The summed E-state index contributed by atoms with van der Waals surface area (Å²) >= 11 is 0. The van der Waals surface area contributed by atoms with E-state index >= 15 is 0 Å². The molecular formula is C25H29FN4O3. The topological polar surface area (TPSA) is 93.4 Å². The summed E-state index contributed by atoms with van der Waals surface area (Å²) in [7, 11) is 0. The third kappa shape index (κ3) is 4.16. The third-order valence-electron chi connectivity index (χ3n) is 6.58. The summed E-state index contributed by atoms with van der Waals surface area (Å²) in [6.07, 6.45) is 4.39. The van der Waals surface area contributed by atoms with Gasteiger partial charge in [-0.15, -0.1) is 0 Å². The second-order valence-corrected chi connectivity index (χ2v) is 8.74. The molecule has 0 atom stereocenters. The lowest BCUT2D eigenvalue weighted by Crippen LogP contribution is -2.38. The number of ether oxygens (including phenoxy) is 1. The van der Waals surface area contributed by atoms with Crippen molar-refractivity contribution in [2.45, 2.75) is 26.2 Å². The van der Waals surface area contributed by atoms with Crippen LogP contribution < -0.4 is 5.32 Å². The first-order valence-corrected chi connectivity index (χ1v) is 11.5. The molecule has 2 aromatic heterocycles. The SMILES string of the molecule is Cc1[nH]c2c(c1C(=O)NCCCN1CCOCC1)CCC=C2c1c(O)[nH]c2ccc(F)cc12. The van der Waals surface area contributed by atoms with E-state index in [1.54, 1.807) is 6.07 Å². The number of aromatic hydroxyl groups is 1. The molecule has 0 unspecified atom stereocenters. The highest BCUT2D eigenvalue weighted by Crippen LogP contribution is 2.41. The van der Waals surface area contributed by atoms with Crippen molar-refractivity contribution in [2.24, 2.45) is 0 Å². The molecule has 0 bridgehead atoms. The van der Waals surface area contributed by atoms with Gasteiger partial charge in [0, 0.05) is 41.8 Å². The number of H-pyrrole nitrogens is 2. The largest absolute Gasteiger partial charge is 0.494 e. The second-order valence-electron chi connectivity index (χ2n) is 8.74. The molecular weight excluding hydrogens is 423 g/mol. The highest BCUT2D eigenvalue weighted by molar-refractivity contribution is 6.03. The van der Waals surface area contributed by atoms with Crippen LogP contribution in [0.5, 0.6) is 5.88 Å². The van der Waals surface area contributed by atoms with Crippen LogP contribution in [0.4, 0.5) is 4.39 Å². The number of aryl methyl sites for hydroxylation is 1. The molecule has 8 heteroatoms. The van der Waals surface area contributed by atoms with E-state index in [0.717, 1.165) is 74.6 Å². The number of fused-ring (bicyclic) bond motifs is 2. The first-order chi connectivity index (χ1) is 16.0. The highest BCUT2D eigenvalue weighted by Gasteiger charge is 2.28. The number of nitrogens with zero attached hydrogens (tertiary/aromatic N) is 1. The van der Waals surface area contributed by atoms with Gasteiger partial charge in [-0.25, -0.2) is 4.39 Å². The zero-order valence-electron chi connectivity index (χ0n) is 18.8. The Balaban J connectivity index is 1.36. The van der Waals surface area contributed by atoms with Crippen LogP contribution in [0.2, 0.25) is 0 Å². The van der Waals surface area contributed by atoms with E-state index in [0.29, 0.717) is 28.6 Å². The number of carbonyl (C=O) groups excluding carboxylic acids is 1. The molecule has 1 aliphatic carbocycles. The van der Waals surface area contributed by atoms with E-state index in [1.165, 1.54) is 12.1 Å². The van der Waals surface area contributed by atoms with Gasteiger partial charge in [0.2, 0.25) is 0 Å². The van der Waals surface area contributed by atoms with Crippen LogP contribution in [-0.4, -0.2) is 65.3 Å². The number of benzene rings is 1. The van der Waals surface area contributed by atoms with Crippen molar-refractivity contribution in [3.8, 4) is 5.88 Å². The Bertz CT molecular complexity index is 1220. The number of aromatic nitrogens is 2. The molecule has 1 aliphatic heterocycles. The van der Waals surface area contributed by atoms with Gasteiger partial charge in [-0.1, -0.05) is 6.08 Å². The van der Waals surface area contributed by atoms with Crippen LogP contribution in [-0.2, 0) is 11.2 Å². The summed E-state index contributed by atoms with van der Waals surface area (Å²) in [5.74, 6) is -0.447. The van der Waals surface area contributed by atoms with E-state index in [9.17, 15) is 14.3 Å². The molecule has 33 heavy (non-hydrogen) atoms. The quantitative estimate of drug-likeness (QED) is 0.431. The summed E-state index contributed by atoms with van der Waals surface area (Å²) < 4.78 is 19.3. The zero-order valence-corrected chi connectivity index (χ0v) is 18.8. The van der Waals surface area contributed by atoms with Gasteiger partial charge in [-0.2, -0.15) is 0 Å². The first kappa shape index (κ1) is 21.7. The lowest BCUT2D eigenvalue weighted by atomic mass is 9.89. The lowest BCUT2D eigenvalue weighted by Gasteiger charge is -2.26. The third-order valence-corrected chi connectivity index (χ3v) is 6.58. The Morgan fingerprint density at radius 3 is 2.91 bits per heavy atom. The summed E-state index contributed by atoms with van der Waals surface area (Å²) in [6.45, 7) is 6.88.